The zero-order valence-corrected chi connectivity index (χ0v) is 26.9. The molecular weight excluding hydrogens is 692 g/mol. The van der Waals surface area contributed by atoms with Crippen molar-refractivity contribution in [2.75, 3.05) is 13.2 Å². The quantitative estimate of drug-likeness (QED) is 0.0802. The van der Waals surface area contributed by atoms with Crippen molar-refractivity contribution in [3.63, 3.8) is 0 Å². The summed E-state index contributed by atoms with van der Waals surface area (Å²) in [6.07, 6.45) is -12.8. The summed E-state index contributed by atoms with van der Waals surface area (Å²) in [4.78, 5) is 12.5. The molecule has 3 aromatic rings. The highest BCUT2D eigenvalue weighted by Gasteiger charge is 2.51. The lowest BCUT2D eigenvalue weighted by atomic mass is 9.97. The number of aliphatic hydroxyl groups excluding tert-OH is 5. The standard InChI is InChI=1S/C35H36O17/c36-17-5-1-15(2-6-17)3-8-27(42)47-14-26-29(44)30(45)33(52-34-31(46)28(43)23(41)13-48-34)35(51-26)50-25-12-19-21(39)10-18(37)11-24(19)49-32(25)16-4-7-20(38)22(40)9-16/h1-12,23,26,28-41,43-46H,13-14H2/b8-3-/t23-,26-,28+,29+,30+,31-,32?,33-,34+,35-/m1/s1. The Hall–Kier alpha value is -5.11. The van der Waals surface area contributed by atoms with Gasteiger partial charge in [0, 0.05) is 23.8 Å². The molecule has 278 valence electrons. The lowest BCUT2D eigenvalue weighted by Crippen LogP contribution is -2.63. The van der Waals surface area contributed by atoms with Gasteiger partial charge in [-0.15, -0.1) is 0 Å². The van der Waals surface area contributed by atoms with Gasteiger partial charge in [-0.05, 0) is 42.0 Å². The Labute approximate surface area is 294 Å². The summed E-state index contributed by atoms with van der Waals surface area (Å²) < 4.78 is 34.6. The Morgan fingerprint density at radius 2 is 1.54 bits per heavy atom. The summed E-state index contributed by atoms with van der Waals surface area (Å²) in [5.74, 6) is -2.72. The average Bonchev–Trinajstić information content (AvgIpc) is 3.11. The number of aliphatic hydroxyl groups is 5. The number of hydrogen-bond acceptors (Lipinski definition) is 17. The second kappa shape index (κ2) is 15.2. The highest BCUT2D eigenvalue weighted by Crippen LogP contribution is 2.45. The van der Waals surface area contributed by atoms with Crippen LogP contribution in [-0.4, -0.2) is 126 Å². The third-order valence-corrected chi connectivity index (χ3v) is 8.53. The van der Waals surface area contributed by atoms with Crippen molar-refractivity contribution in [3.8, 4) is 34.5 Å². The number of fused-ring (bicyclic) bond motifs is 1. The second-order valence-corrected chi connectivity index (χ2v) is 12.2. The van der Waals surface area contributed by atoms with Gasteiger partial charge in [0.1, 0.15) is 72.0 Å². The predicted octanol–water partition coefficient (Wildman–Crippen LogP) is 0.233. The van der Waals surface area contributed by atoms with Crippen LogP contribution in [0.3, 0.4) is 0 Å². The molecule has 1 unspecified atom stereocenters. The fraction of sp³-hybridized carbons (Fsp3) is 0.343. The zero-order chi connectivity index (χ0) is 37.3. The number of rotatable bonds is 9. The van der Waals surface area contributed by atoms with Crippen molar-refractivity contribution >= 4 is 18.1 Å². The van der Waals surface area contributed by atoms with Crippen molar-refractivity contribution in [2.24, 2.45) is 0 Å². The van der Waals surface area contributed by atoms with E-state index in [-0.39, 0.29) is 34.1 Å². The predicted molar refractivity (Wildman–Crippen MR) is 173 cm³/mol. The molecule has 3 aliphatic rings. The van der Waals surface area contributed by atoms with Crippen LogP contribution < -0.4 is 4.74 Å². The number of phenols is 5. The molecule has 0 saturated carbocycles. The molecular formula is C35H36O17. The minimum atomic E-state index is -1.89. The fourth-order valence-electron chi connectivity index (χ4n) is 5.71. The number of ether oxygens (including phenoxy) is 6. The van der Waals surface area contributed by atoms with E-state index in [9.17, 15) is 55.9 Å². The molecule has 10 N–H and O–H groups in total. The molecule has 3 heterocycles. The van der Waals surface area contributed by atoms with Gasteiger partial charge < -0.3 is 79.5 Å². The van der Waals surface area contributed by atoms with Crippen molar-refractivity contribution in [2.45, 2.75) is 61.4 Å². The maximum absolute atomic E-state index is 12.5. The van der Waals surface area contributed by atoms with Crippen LogP contribution in [0.1, 0.15) is 22.8 Å². The first-order chi connectivity index (χ1) is 24.8. The van der Waals surface area contributed by atoms with E-state index in [0.717, 1.165) is 18.2 Å². The molecule has 3 aromatic carbocycles. The number of hydrogen-bond donors (Lipinski definition) is 10. The van der Waals surface area contributed by atoms with Crippen LogP contribution in [0, 0.1) is 0 Å². The smallest absolute Gasteiger partial charge is 0.330 e. The lowest BCUT2D eigenvalue weighted by Gasteiger charge is -2.45. The van der Waals surface area contributed by atoms with Gasteiger partial charge in [-0.3, -0.25) is 0 Å². The fourth-order valence-corrected chi connectivity index (χ4v) is 5.71. The third-order valence-electron chi connectivity index (χ3n) is 8.53. The van der Waals surface area contributed by atoms with E-state index in [1.807, 2.05) is 0 Å². The number of carbonyl (C=O) groups is 1. The Morgan fingerprint density at radius 1 is 0.788 bits per heavy atom. The average molecular weight is 729 g/mol. The van der Waals surface area contributed by atoms with E-state index in [4.69, 9.17) is 28.4 Å². The van der Waals surface area contributed by atoms with Crippen LogP contribution in [0.5, 0.6) is 34.5 Å². The number of aromatic hydroxyl groups is 5. The van der Waals surface area contributed by atoms with Gasteiger partial charge >= 0.3 is 5.97 Å². The number of carbonyl (C=O) groups excluding carboxylic acids is 1. The molecule has 0 amide bonds. The molecule has 17 heteroatoms. The second-order valence-electron chi connectivity index (χ2n) is 12.2. The Balaban J connectivity index is 1.30. The van der Waals surface area contributed by atoms with E-state index in [0.29, 0.717) is 5.56 Å². The van der Waals surface area contributed by atoms with Gasteiger partial charge in [0.15, 0.2) is 30.0 Å². The largest absolute Gasteiger partial charge is 0.508 e. The van der Waals surface area contributed by atoms with Crippen LogP contribution in [0.4, 0.5) is 0 Å². The molecule has 0 radical (unpaired) electrons. The molecule has 17 nitrogen and oxygen atoms in total. The minimum Gasteiger partial charge on any atom is -0.508 e. The van der Waals surface area contributed by atoms with E-state index < -0.39 is 97.8 Å². The van der Waals surface area contributed by atoms with E-state index in [2.05, 4.69) is 0 Å². The molecule has 2 saturated heterocycles. The molecule has 2 fully saturated rings. The van der Waals surface area contributed by atoms with Crippen LogP contribution in [0.25, 0.3) is 12.2 Å². The Kier molecular flexibility index (Phi) is 10.7. The van der Waals surface area contributed by atoms with Crippen LogP contribution in [-0.2, 0) is 28.5 Å². The molecule has 3 aliphatic heterocycles. The molecule has 0 bridgehead atoms. The minimum absolute atomic E-state index is 0.00773. The molecule has 0 aromatic heterocycles. The summed E-state index contributed by atoms with van der Waals surface area (Å²) in [6, 6.07) is 11.9. The Morgan fingerprint density at radius 3 is 2.27 bits per heavy atom. The van der Waals surface area contributed by atoms with Crippen molar-refractivity contribution < 1.29 is 84.3 Å². The maximum Gasteiger partial charge on any atom is 0.330 e. The normalized spacial score (nSPS) is 30.2. The van der Waals surface area contributed by atoms with E-state index in [1.165, 1.54) is 42.5 Å². The Bertz CT molecular complexity index is 1810. The van der Waals surface area contributed by atoms with Gasteiger partial charge in [0.25, 0.3) is 0 Å². The summed E-state index contributed by atoms with van der Waals surface area (Å²) in [5, 5.41) is 103. The zero-order valence-electron chi connectivity index (χ0n) is 26.9. The first kappa shape index (κ1) is 36.7. The summed E-state index contributed by atoms with van der Waals surface area (Å²) in [6.45, 7) is -1.09. The molecule has 0 aliphatic carbocycles. The molecule has 10 atom stereocenters. The summed E-state index contributed by atoms with van der Waals surface area (Å²) >= 11 is 0. The molecule has 0 spiro atoms. The highest BCUT2D eigenvalue weighted by molar-refractivity contribution is 5.87. The highest BCUT2D eigenvalue weighted by atomic mass is 16.8. The number of esters is 1. The lowest BCUT2D eigenvalue weighted by molar-refractivity contribution is -0.352. The van der Waals surface area contributed by atoms with Crippen molar-refractivity contribution in [3.05, 3.63) is 83.1 Å². The number of benzene rings is 3. The van der Waals surface area contributed by atoms with Crippen molar-refractivity contribution in [1.82, 2.24) is 0 Å². The number of phenolic OH excluding ortho intramolecular Hbond substituents is 5. The summed E-state index contributed by atoms with van der Waals surface area (Å²) in [5.41, 5.74) is 0.799. The van der Waals surface area contributed by atoms with Gasteiger partial charge in [-0.1, -0.05) is 18.2 Å². The SMILES string of the molecule is O=C(/C=C\c1ccc(O)cc1)OC[C@H]1O[C@@H](OC2=Cc3c(O)cc(O)cc3OC2c2ccc(O)c(O)c2)[C@H](O[C@@H]2OC[C@@H](O)[C@H](O)[C@H]2O)[C@@H](O)[C@H]1O. The van der Waals surface area contributed by atoms with Gasteiger partial charge in [0.2, 0.25) is 6.29 Å². The maximum atomic E-state index is 12.5. The van der Waals surface area contributed by atoms with Crippen molar-refractivity contribution in [1.29, 1.82) is 0 Å². The molecule has 6 rings (SSSR count). The van der Waals surface area contributed by atoms with E-state index in [1.54, 1.807) is 12.1 Å². The first-order valence-electron chi connectivity index (χ1n) is 15.9. The first-order valence-corrected chi connectivity index (χ1v) is 15.9. The molecule has 52 heavy (non-hydrogen) atoms. The van der Waals surface area contributed by atoms with Crippen LogP contribution in [0.2, 0.25) is 0 Å². The monoisotopic (exact) mass is 728 g/mol. The topological polar surface area (TPSA) is 275 Å². The van der Waals surface area contributed by atoms with Crippen LogP contribution in [0.15, 0.2) is 66.4 Å². The van der Waals surface area contributed by atoms with Gasteiger partial charge in [0.05, 0.1) is 12.2 Å². The summed E-state index contributed by atoms with van der Waals surface area (Å²) in [7, 11) is 0. The third kappa shape index (κ3) is 7.86. The van der Waals surface area contributed by atoms with Gasteiger partial charge in [-0.25, -0.2) is 4.79 Å². The van der Waals surface area contributed by atoms with Crippen LogP contribution >= 0.6 is 0 Å². The van der Waals surface area contributed by atoms with Gasteiger partial charge in [-0.2, -0.15) is 0 Å². The van der Waals surface area contributed by atoms with E-state index >= 15 is 0 Å².